The summed E-state index contributed by atoms with van der Waals surface area (Å²) in [5.74, 6) is 0. The van der Waals surface area contributed by atoms with Crippen molar-refractivity contribution in [2.75, 3.05) is 26.8 Å². The van der Waals surface area contributed by atoms with Crippen LogP contribution in [0.15, 0.2) is 30.3 Å². The summed E-state index contributed by atoms with van der Waals surface area (Å²) in [7, 11) is 1.78. The Morgan fingerprint density at radius 1 is 1.10 bits per heavy atom. The summed E-state index contributed by atoms with van der Waals surface area (Å²) in [5, 5.41) is 3.62. The van der Waals surface area contributed by atoms with Gasteiger partial charge in [-0.15, -0.1) is 0 Å². The number of rotatable bonds is 9. The van der Waals surface area contributed by atoms with Crippen LogP contribution in [0.1, 0.15) is 50.5 Å². The lowest BCUT2D eigenvalue weighted by molar-refractivity contribution is 0.150. The second-order valence-corrected chi connectivity index (χ2v) is 6.57. The van der Waals surface area contributed by atoms with Crippen molar-refractivity contribution in [1.29, 1.82) is 0 Å². The van der Waals surface area contributed by atoms with Gasteiger partial charge in [0.1, 0.15) is 0 Å². The quantitative estimate of drug-likeness (QED) is 0.688. The first kappa shape index (κ1) is 16.5. The SMILES string of the molecule is COCCNCC1(CCCc2ccccc2)CCCCC1. The maximum Gasteiger partial charge on any atom is 0.0587 e. The third-order valence-corrected chi connectivity index (χ3v) is 4.91. The summed E-state index contributed by atoms with van der Waals surface area (Å²) in [6, 6.07) is 10.9. The van der Waals surface area contributed by atoms with Crippen LogP contribution in [0.4, 0.5) is 0 Å². The molecule has 0 bridgehead atoms. The van der Waals surface area contributed by atoms with Crippen LogP contribution in [-0.2, 0) is 11.2 Å². The Hall–Kier alpha value is -0.860. The number of benzene rings is 1. The van der Waals surface area contributed by atoms with Crippen LogP contribution >= 0.6 is 0 Å². The first-order valence-electron chi connectivity index (χ1n) is 8.58. The minimum Gasteiger partial charge on any atom is -0.383 e. The smallest absolute Gasteiger partial charge is 0.0587 e. The van der Waals surface area contributed by atoms with E-state index in [-0.39, 0.29) is 0 Å². The molecule has 1 fully saturated rings. The van der Waals surface area contributed by atoms with Crippen molar-refractivity contribution >= 4 is 0 Å². The molecule has 0 aromatic heterocycles. The van der Waals surface area contributed by atoms with Crippen LogP contribution in [-0.4, -0.2) is 26.8 Å². The number of aryl methyl sites for hydroxylation is 1. The van der Waals surface area contributed by atoms with E-state index in [0.717, 1.165) is 13.2 Å². The minimum absolute atomic E-state index is 0.542. The van der Waals surface area contributed by atoms with Gasteiger partial charge in [-0.1, -0.05) is 49.6 Å². The van der Waals surface area contributed by atoms with Crippen molar-refractivity contribution in [2.45, 2.75) is 51.4 Å². The van der Waals surface area contributed by atoms with E-state index in [1.165, 1.54) is 63.5 Å². The largest absolute Gasteiger partial charge is 0.383 e. The van der Waals surface area contributed by atoms with E-state index >= 15 is 0 Å². The molecular formula is C19H31NO. The van der Waals surface area contributed by atoms with E-state index < -0.39 is 0 Å². The molecule has 0 radical (unpaired) electrons. The highest BCUT2D eigenvalue weighted by molar-refractivity contribution is 5.14. The second-order valence-electron chi connectivity index (χ2n) is 6.57. The normalized spacial score (nSPS) is 17.8. The van der Waals surface area contributed by atoms with Gasteiger partial charge < -0.3 is 10.1 Å². The van der Waals surface area contributed by atoms with E-state index in [4.69, 9.17) is 4.74 Å². The minimum atomic E-state index is 0.542. The van der Waals surface area contributed by atoms with E-state index in [0.29, 0.717) is 5.41 Å². The Bertz CT molecular complexity index is 370. The summed E-state index contributed by atoms with van der Waals surface area (Å²) in [4.78, 5) is 0. The highest BCUT2D eigenvalue weighted by Gasteiger charge is 2.30. The molecule has 1 saturated carbocycles. The van der Waals surface area contributed by atoms with Gasteiger partial charge in [0.15, 0.2) is 0 Å². The molecule has 0 spiro atoms. The van der Waals surface area contributed by atoms with Crippen LogP contribution in [0.2, 0.25) is 0 Å². The van der Waals surface area contributed by atoms with Crippen LogP contribution in [0, 0.1) is 5.41 Å². The number of hydrogen-bond acceptors (Lipinski definition) is 2. The van der Waals surface area contributed by atoms with Crippen molar-refractivity contribution in [1.82, 2.24) is 5.32 Å². The predicted molar refractivity (Wildman–Crippen MR) is 89.6 cm³/mol. The fourth-order valence-corrected chi connectivity index (χ4v) is 3.66. The zero-order chi connectivity index (χ0) is 14.8. The highest BCUT2D eigenvalue weighted by Crippen LogP contribution is 2.40. The summed E-state index contributed by atoms with van der Waals surface area (Å²) < 4.78 is 5.14. The first-order valence-corrected chi connectivity index (χ1v) is 8.58. The van der Waals surface area contributed by atoms with Gasteiger partial charge in [-0.25, -0.2) is 0 Å². The lowest BCUT2D eigenvalue weighted by atomic mass is 9.70. The van der Waals surface area contributed by atoms with Gasteiger partial charge in [0.25, 0.3) is 0 Å². The number of hydrogen-bond donors (Lipinski definition) is 1. The lowest BCUT2D eigenvalue weighted by Gasteiger charge is -2.38. The average Bonchev–Trinajstić information content (AvgIpc) is 2.54. The highest BCUT2D eigenvalue weighted by atomic mass is 16.5. The van der Waals surface area contributed by atoms with Crippen molar-refractivity contribution in [3.63, 3.8) is 0 Å². The zero-order valence-electron chi connectivity index (χ0n) is 13.6. The van der Waals surface area contributed by atoms with Crippen molar-refractivity contribution in [3.05, 3.63) is 35.9 Å². The van der Waals surface area contributed by atoms with Gasteiger partial charge in [-0.05, 0) is 43.1 Å². The lowest BCUT2D eigenvalue weighted by Crippen LogP contribution is -2.37. The summed E-state index contributed by atoms with van der Waals surface area (Å²) in [6.07, 6.45) is 11.0. The monoisotopic (exact) mass is 289 g/mol. The van der Waals surface area contributed by atoms with Crippen molar-refractivity contribution in [2.24, 2.45) is 5.41 Å². The molecule has 0 atom stereocenters. The van der Waals surface area contributed by atoms with E-state index in [2.05, 4.69) is 35.6 Å². The molecule has 1 aliphatic rings. The fraction of sp³-hybridized carbons (Fsp3) is 0.684. The number of methoxy groups -OCH3 is 1. The fourth-order valence-electron chi connectivity index (χ4n) is 3.66. The topological polar surface area (TPSA) is 21.3 Å². The molecule has 0 amide bonds. The molecule has 2 rings (SSSR count). The third-order valence-electron chi connectivity index (χ3n) is 4.91. The van der Waals surface area contributed by atoms with Crippen molar-refractivity contribution < 1.29 is 4.74 Å². The van der Waals surface area contributed by atoms with Gasteiger partial charge in [-0.3, -0.25) is 0 Å². The van der Waals surface area contributed by atoms with Gasteiger partial charge in [0.2, 0.25) is 0 Å². The molecule has 0 saturated heterocycles. The van der Waals surface area contributed by atoms with Crippen LogP contribution in [0.25, 0.3) is 0 Å². The molecule has 0 unspecified atom stereocenters. The van der Waals surface area contributed by atoms with Crippen LogP contribution < -0.4 is 5.32 Å². The summed E-state index contributed by atoms with van der Waals surface area (Å²) in [6.45, 7) is 2.97. The van der Waals surface area contributed by atoms with Gasteiger partial charge in [0.05, 0.1) is 6.61 Å². The van der Waals surface area contributed by atoms with E-state index in [1.54, 1.807) is 7.11 Å². The molecule has 1 aromatic rings. The Balaban J connectivity index is 1.78. The molecule has 21 heavy (non-hydrogen) atoms. The number of ether oxygens (including phenoxy) is 1. The Kier molecular flexibility index (Phi) is 7.25. The van der Waals surface area contributed by atoms with Gasteiger partial charge in [0, 0.05) is 20.2 Å². The molecule has 1 aromatic carbocycles. The summed E-state index contributed by atoms with van der Waals surface area (Å²) in [5.41, 5.74) is 2.02. The maximum atomic E-state index is 5.14. The standard InChI is InChI=1S/C19H31NO/c1-21-16-15-20-17-19(12-6-3-7-13-19)14-8-11-18-9-4-2-5-10-18/h2,4-5,9-10,20H,3,6-8,11-17H2,1H3. The average molecular weight is 289 g/mol. The van der Waals surface area contributed by atoms with Crippen LogP contribution in [0.5, 0.6) is 0 Å². The number of nitrogens with one attached hydrogen (secondary N) is 1. The third kappa shape index (κ3) is 5.80. The molecule has 118 valence electrons. The molecule has 1 aliphatic carbocycles. The van der Waals surface area contributed by atoms with E-state index in [1.807, 2.05) is 0 Å². The van der Waals surface area contributed by atoms with Crippen LogP contribution in [0.3, 0.4) is 0 Å². The molecule has 1 N–H and O–H groups in total. The van der Waals surface area contributed by atoms with Crippen molar-refractivity contribution in [3.8, 4) is 0 Å². The zero-order valence-corrected chi connectivity index (χ0v) is 13.6. The van der Waals surface area contributed by atoms with Gasteiger partial charge >= 0.3 is 0 Å². The van der Waals surface area contributed by atoms with Gasteiger partial charge in [-0.2, -0.15) is 0 Å². The molecule has 2 heteroatoms. The predicted octanol–water partition coefficient (Wildman–Crippen LogP) is 4.20. The Labute approximate surface area is 130 Å². The molecule has 0 heterocycles. The van der Waals surface area contributed by atoms with E-state index in [9.17, 15) is 0 Å². The Morgan fingerprint density at radius 2 is 1.86 bits per heavy atom. The summed E-state index contributed by atoms with van der Waals surface area (Å²) >= 11 is 0. The first-order chi connectivity index (χ1) is 10.3. The maximum absolute atomic E-state index is 5.14. The Morgan fingerprint density at radius 3 is 2.57 bits per heavy atom. The molecule has 0 aliphatic heterocycles. The molecular weight excluding hydrogens is 258 g/mol. The second kappa shape index (κ2) is 9.22. The molecule has 2 nitrogen and oxygen atoms in total.